The van der Waals surface area contributed by atoms with Crippen LogP contribution in [-0.2, 0) is 4.79 Å². The van der Waals surface area contributed by atoms with E-state index in [1.807, 2.05) is 11.8 Å². The van der Waals surface area contributed by atoms with Crippen molar-refractivity contribution in [2.24, 2.45) is 5.73 Å². The highest BCUT2D eigenvalue weighted by molar-refractivity contribution is 7.80. The number of halogens is 1. The van der Waals surface area contributed by atoms with Gasteiger partial charge in [0.25, 0.3) is 5.91 Å². The lowest BCUT2D eigenvalue weighted by Crippen LogP contribution is -2.36. The number of hydrogen-bond donors (Lipinski definition) is 1. The molecule has 2 N–H and O–H groups in total. The van der Waals surface area contributed by atoms with Crippen molar-refractivity contribution in [2.75, 3.05) is 13.2 Å². The average Bonchev–Trinajstić information content (AvgIpc) is 3.21. The number of amides is 1. The van der Waals surface area contributed by atoms with Crippen LogP contribution in [0.25, 0.3) is 0 Å². The first kappa shape index (κ1) is 15.1. The highest BCUT2D eigenvalue weighted by Crippen LogP contribution is 2.28. The molecule has 0 heterocycles. The zero-order chi connectivity index (χ0) is 14.7. The van der Waals surface area contributed by atoms with E-state index in [4.69, 9.17) is 34.3 Å². The number of benzene rings is 1. The molecule has 0 unspecified atom stereocenters. The Bertz CT molecular complexity index is 532. The molecule has 0 radical (unpaired) electrons. The first-order chi connectivity index (χ1) is 9.54. The maximum Gasteiger partial charge on any atom is 0.260 e. The van der Waals surface area contributed by atoms with E-state index in [1.54, 1.807) is 18.2 Å². The second-order valence-corrected chi connectivity index (χ2v) is 5.52. The molecule has 1 aliphatic carbocycles. The Morgan fingerprint density at radius 3 is 2.80 bits per heavy atom. The van der Waals surface area contributed by atoms with Crippen molar-refractivity contribution in [3.8, 4) is 5.75 Å². The average molecular weight is 313 g/mol. The Morgan fingerprint density at radius 2 is 2.25 bits per heavy atom. The predicted molar refractivity (Wildman–Crippen MR) is 83.2 cm³/mol. The second-order valence-electron chi connectivity index (χ2n) is 4.68. The third-order valence-electron chi connectivity index (χ3n) is 3.22. The molecule has 0 aliphatic heterocycles. The summed E-state index contributed by atoms with van der Waals surface area (Å²) in [6.45, 7) is 2.64. The van der Waals surface area contributed by atoms with E-state index >= 15 is 0 Å². The van der Waals surface area contributed by atoms with Crippen LogP contribution in [0.5, 0.6) is 5.75 Å². The van der Waals surface area contributed by atoms with E-state index in [0.29, 0.717) is 28.9 Å². The molecule has 1 fully saturated rings. The summed E-state index contributed by atoms with van der Waals surface area (Å²) in [4.78, 5) is 14.1. The fourth-order valence-corrected chi connectivity index (χ4v) is 2.64. The van der Waals surface area contributed by atoms with Crippen LogP contribution in [0.4, 0.5) is 0 Å². The van der Waals surface area contributed by atoms with Gasteiger partial charge in [-0.15, -0.1) is 0 Å². The van der Waals surface area contributed by atoms with Gasteiger partial charge in [0.15, 0.2) is 6.61 Å². The molecule has 4 nitrogen and oxygen atoms in total. The zero-order valence-corrected chi connectivity index (χ0v) is 12.8. The van der Waals surface area contributed by atoms with Crippen LogP contribution in [-0.4, -0.2) is 35.0 Å². The van der Waals surface area contributed by atoms with E-state index in [0.717, 1.165) is 12.8 Å². The summed E-state index contributed by atoms with van der Waals surface area (Å²) in [7, 11) is 0. The van der Waals surface area contributed by atoms with E-state index < -0.39 is 0 Å². The molecule has 0 saturated heterocycles. The third-order valence-corrected chi connectivity index (χ3v) is 3.74. The molecule has 1 aromatic rings. The normalized spacial score (nSPS) is 13.9. The van der Waals surface area contributed by atoms with Crippen molar-refractivity contribution < 1.29 is 9.53 Å². The molecule has 0 spiro atoms. The standard InChI is InChI=1S/C14H17ClN2O2S/c1-2-17(9-6-7-9)12(18)8-19-11-5-3-4-10(15)13(11)14(16)20/h3-5,9H,2,6-8H2,1H3,(H2,16,20). The number of carbonyl (C=O) groups is 1. The van der Waals surface area contributed by atoms with Gasteiger partial charge in [0.2, 0.25) is 0 Å². The molecule has 0 bridgehead atoms. The van der Waals surface area contributed by atoms with Crippen molar-refractivity contribution in [3.05, 3.63) is 28.8 Å². The number of ether oxygens (including phenoxy) is 1. The van der Waals surface area contributed by atoms with Crippen LogP contribution in [0.2, 0.25) is 5.02 Å². The van der Waals surface area contributed by atoms with Crippen LogP contribution < -0.4 is 10.5 Å². The Labute approximate surface area is 128 Å². The molecule has 2 rings (SSSR count). The summed E-state index contributed by atoms with van der Waals surface area (Å²) in [6, 6.07) is 5.52. The third kappa shape index (κ3) is 3.41. The van der Waals surface area contributed by atoms with Crippen molar-refractivity contribution in [1.29, 1.82) is 0 Å². The van der Waals surface area contributed by atoms with Crippen LogP contribution in [0.15, 0.2) is 18.2 Å². The topological polar surface area (TPSA) is 55.6 Å². The molecule has 1 saturated carbocycles. The van der Waals surface area contributed by atoms with Crippen molar-refractivity contribution >= 4 is 34.7 Å². The first-order valence-corrected chi connectivity index (χ1v) is 7.33. The van der Waals surface area contributed by atoms with Gasteiger partial charge in [-0.2, -0.15) is 0 Å². The lowest BCUT2D eigenvalue weighted by atomic mass is 10.2. The molecular formula is C14H17ClN2O2S. The molecule has 0 atom stereocenters. The summed E-state index contributed by atoms with van der Waals surface area (Å²) in [5.41, 5.74) is 6.12. The minimum Gasteiger partial charge on any atom is -0.483 e. The Morgan fingerprint density at radius 1 is 1.55 bits per heavy atom. The first-order valence-electron chi connectivity index (χ1n) is 6.55. The number of nitrogens with two attached hydrogens (primary N) is 1. The van der Waals surface area contributed by atoms with E-state index in [-0.39, 0.29) is 17.5 Å². The maximum absolute atomic E-state index is 12.1. The molecule has 1 aromatic carbocycles. The fourth-order valence-electron chi connectivity index (χ4n) is 2.11. The largest absolute Gasteiger partial charge is 0.483 e. The Hall–Kier alpha value is -1.33. The lowest BCUT2D eigenvalue weighted by Gasteiger charge is -2.21. The summed E-state index contributed by atoms with van der Waals surface area (Å²) in [5.74, 6) is 0.425. The number of rotatable bonds is 6. The van der Waals surface area contributed by atoms with Gasteiger partial charge in [-0.05, 0) is 31.9 Å². The SMILES string of the molecule is CCN(C(=O)COc1cccc(Cl)c1C(N)=S)C1CC1. The maximum atomic E-state index is 12.1. The van der Waals surface area contributed by atoms with Crippen LogP contribution in [0.3, 0.4) is 0 Å². The van der Waals surface area contributed by atoms with Gasteiger partial charge in [0.1, 0.15) is 10.7 Å². The monoisotopic (exact) mass is 312 g/mol. The minimum absolute atomic E-state index is 0.0242. The molecular weight excluding hydrogens is 296 g/mol. The van der Waals surface area contributed by atoms with Crippen LogP contribution in [0, 0.1) is 0 Å². The quantitative estimate of drug-likeness (QED) is 0.819. The molecule has 1 amide bonds. The van der Waals surface area contributed by atoms with Crippen molar-refractivity contribution in [3.63, 3.8) is 0 Å². The van der Waals surface area contributed by atoms with Crippen molar-refractivity contribution in [1.82, 2.24) is 4.90 Å². The highest BCUT2D eigenvalue weighted by atomic mass is 35.5. The second kappa shape index (κ2) is 6.41. The summed E-state index contributed by atoms with van der Waals surface area (Å²) >= 11 is 11.0. The minimum atomic E-state index is -0.0275. The van der Waals surface area contributed by atoms with E-state index in [9.17, 15) is 4.79 Å². The van der Waals surface area contributed by atoms with Gasteiger partial charge in [-0.3, -0.25) is 4.79 Å². The molecule has 1 aliphatic rings. The number of hydrogen-bond acceptors (Lipinski definition) is 3. The number of nitrogens with zero attached hydrogens (tertiary/aromatic N) is 1. The zero-order valence-electron chi connectivity index (χ0n) is 11.3. The number of carbonyl (C=O) groups excluding carboxylic acids is 1. The fraction of sp³-hybridized carbons (Fsp3) is 0.429. The van der Waals surface area contributed by atoms with Gasteiger partial charge in [0.05, 0.1) is 10.6 Å². The van der Waals surface area contributed by atoms with E-state index in [2.05, 4.69) is 0 Å². The number of likely N-dealkylation sites (N-methyl/N-ethyl adjacent to an activating group) is 1. The van der Waals surface area contributed by atoms with Gasteiger partial charge in [-0.25, -0.2) is 0 Å². The summed E-state index contributed by atoms with van der Waals surface area (Å²) in [6.07, 6.45) is 2.16. The van der Waals surface area contributed by atoms with Gasteiger partial charge < -0.3 is 15.4 Å². The van der Waals surface area contributed by atoms with E-state index in [1.165, 1.54) is 0 Å². The lowest BCUT2D eigenvalue weighted by molar-refractivity contribution is -0.133. The smallest absolute Gasteiger partial charge is 0.260 e. The Kier molecular flexibility index (Phi) is 4.83. The summed E-state index contributed by atoms with van der Waals surface area (Å²) in [5, 5.41) is 0.428. The predicted octanol–water partition coefficient (Wildman–Crippen LogP) is 2.36. The van der Waals surface area contributed by atoms with Gasteiger partial charge >= 0.3 is 0 Å². The van der Waals surface area contributed by atoms with Crippen LogP contribution in [0.1, 0.15) is 25.3 Å². The molecule has 0 aromatic heterocycles. The number of thiocarbonyl (C=S) groups is 1. The molecule has 6 heteroatoms. The summed E-state index contributed by atoms with van der Waals surface area (Å²) < 4.78 is 5.56. The van der Waals surface area contributed by atoms with Crippen molar-refractivity contribution in [2.45, 2.75) is 25.8 Å². The van der Waals surface area contributed by atoms with Crippen LogP contribution >= 0.6 is 23.8 Å². The van der Waals surface area contributed by atoms with Gasteiger partial charge in [-0.1, -0.05) is 29.9 Å². The Balaban J connectivity index is 2.05. The molecule has 20 heavy (non-hydrogen) atoms. The highest BCUT2D eigenvalue weighted by Gasteiger charge is 2.31. The molecule has 108 valence electrons. The van der Waals surface area contributed by atoms with Gasteiger partial charge in [0, 0.05) is 12.6 Å².